The van der Waals surface area contributed by atoms with E-state index in [2.05, 4.69) is 10.2 Å². The summed E-state index contributed by atoms with van der Waals surface area (Å²) in [6.07, 6.45) is 0.0130. The Labute approximate surface area is 206 Å². The van der Waals surface area contributed by atoms with E-state index >= 15 is 0 Å². The molecule has 1 aromatic carbocycles. The topological polar surface area (TPSA) is 119 Å². The molecular weight excluding hydrogens is 477 g/mol. The quantitative estimate of drug-likeness (QED) is 0.589. The molecule has 8 nitrogen and oxygen atoms in total. The minimum atomic E-state index is -4.84. The van der Waals surface area contributed by atoms with Crippen LogP contribution in [0.15, 0.2) is 42.6 Å². The van der Waals surface area contributed by atoms with E-state index in [-0.39, 0.29) is 35.7 Å². The average Bonchev–Trinajstić information content (AvgIpc) is 3.69. The molecule has 0 saturated heterocycles. The van der Waals surface area contributed by atoms with Crippen LogP contribution in [0.1, 0.15) is 67.1 Å². The van der Waals surface area contributed by atoms with E-state index in [9.17, 15) is 27.9 Å². The number of aromatic nitrogens is 2. The number of primary amides is 1. The van der Waals surface area contributed by atoms with Crippen molar-refractivity contribution in [1.29, 1.82) is 0 Å². The van der Waals surface area contributed by atoms with Crippen LogP contribution in [0.5, 0.6) is 0 Å². The lowest BCUT2D eigenvalue weighted by molar-refractivity contribution is -0.258. The van der Waals surface area contributed by atoms with Gasteiger partial charge in [0, 0.05) is 29.3 Å². The molecular formula is C25H29F3N4O4. The van der Waals surface area contributed by atoms with Crippen molar-refractivity contribution in [2.45, 2.75) is 74.7 Å². The number of amides is 2. The van der Waals surface area contributed by atoms with Crippen LogP contribution in [0.4, 0.5) is 18.0 Å². The monoisotopic (exact) mass is 506 g/mol. The molecule has 4 rings (SSSR count). The number of carbonyl (C=O) groups is 2. The molecule has 1 aromatic heterocycles. The molecule has 2 aliphatic carbocycles. The number of ether oxygens (including phenoxy) is 1. The van der Waals surface area contributed by atoms with Crippen molar-refractivity contribution in [2.24, 2.45) is 5.73 Å². The van der Waals surface area contributed by atoms with Gasteiger partial charge in [-0.25, -0.2) is 4.79 Å². The van der Waals surface area contributed by atoms with Crippen LogP contribution >= 0.6 is 0 Å². The van der Waals surface area contributed by atoms with E-state index in [0.717, 1.165) is 25.0 Å². The van der Waals surface area contributed by atoms with Crippen molar-refractivity contribution < 1.29 is 32.6 Å². The summed E-state index contributed by atoms with van der Waals surface area (Å²) < 4.78 is 44.7. The maximum atomic E-state index is 13.5. The molecule has 2 aliphatic rings. The third kappa shape index (κ3) is 5.16. The molecule has 0 bridgehead atoms. The van der Waals surface area contributed by atoms with Crippen molar-refractivity contribution in [3.05, 3.63) is 59.4 Å². The van der Waals surface area contributed by atoms with Gasteiger partial charge in [0.05, 0.1) is 5.69 Å². The van der Waals surface area contributed by atoms with Gasteiger partial charge >= 0.3 is 12.3 Å². The van der Waals surface area contributed by atoms with E-state index in [1.54, 1.807) is 12.3 Å². The van der Waals surface area contributed by atoms with Gasteiger partial charge in [-0.3, -0.25) is 4.79 Å². The third-order valence-corrected chi connectivity index (χ3v) is 7.33. The van der Waals surface area contributed by atoms with Crippen LogP contribution in [0, 0.1) is 0 Å². The Kier molecular flexibility index (Phi) is 6.96. The number of hydrogen-bond donors (Lipinski definition) is 2. The lowest BCUT2D eigenvalue weighted by Crippen LogP contribution is -2.48. The fourth-order valence-corrected chi connectivity index (χ4v) is 4.93. The van der Waals surface area contributed by atoms with Gasteiger partial charge in [0.15, 0.2) is 5.60 Å². The first-order valence-corrected chi connectivity index (χ1v) is 11.9. The van der Waals surface area contributed by atoms with E-state index in [0.29, 0.717) is 38.3 Å². The molecule has 36 heavy (non-hydrogen) atoms. The number of halogens is 3. The fraction of sp³-hybridized carbons (Fsp3) is 0.520. The van der Waals surface area contributed by atoms with Gasteiger partial charge in [0.2, 0.25) is 0 Å². The molecule has 2 amide bonds. The average molecular weight is 507 g/mol. The molecule has 1 atom stereocenters. The summed E-state index contributed by atoms with van der Waals surface area (Å²) in [7, 11) is 0. The van der Waals surface area contributed by atoms with Gasteiger partial charge in [-0.05, 0) is 75.3 Å². The Morgan fingerprint density at radius 1 is 1.11 bits per heavy atom. The van der Waals surface area contributed by atoms with Crippen LogP contribution in [-0.2, 0) is 15.8 Å². The van der Waals surface area contributed by atoms with Gasteiger partial charge in [0.1, 0.15) is 6.61 Å². The van der Waals surface area contributed by atoms with Crippen molar-refractivity contribution >= 4 is 12.0 Å². The Morgan fingerprint density at radius 3 is 2.22 bits per heavy atom. The zero-order valence-electron chi connectivity index (χ0n) is 19.9. The van der Waals surface area contributed by atoms with Crippen molar-refractivity contribution in [3.8, 4) is 0 Å². The lowest BCUT2D eigenvalue weighted by Gasteiger charge is -2.43. The highest BCUT2D eigenvalue weighted by atomic mass is 19.4. The predicted molar refractivity (Wildman–Crippen MR) is 123 cm³/mol. The number of carbonyl (C=O) groups excluding carboxylic acids is 2. The summed E-state index contributed by atoms with van der Waals surface area (Å²) in [6.45, 7) is 0.749. The van der Waals surface area contributed by atoms with Gasteiger partial charge in [0.25, 0.3) is 5.91 Å². The van der Waals surface area contributed by atoms with Gasteiger partial charge in [-0.15, -0.1) is 0 Å². The highest BCUT2D eigenvalue weighted by molar-refractivity contribution is 5.95. The maximum Gasteiger partial charge on any atom is 0.421 e. The Bertz CT molecular complexity index is 1080. The molecule has 194 valence electrons. The van der Waals surface area contributed by atoms with Gasteiger partial charge in [-0.1, -0.05) is 12.1 Å². The second-order valence-corrected chi connectivity index (χ2v) is 9.82. The number of benzene rings is 1. The molecule has 11 heteroatoms. The minimum Gasteiger partial charge on any atom is -0.449 e. The molecule has 0 spiro atoms. The zero-order chi connectivity index (χ0) is 26.1. The lowest BCUT2D eigenvalue weighted by atomic mass is 9.70. The second-order valence-electron chi connectivity index (χ2n) is 9.82. The third-order valence-electron chi connectivity index (χ3n) is 7.33. The van der Waals surface area contributed by atoms with Crippen LogP contribution in [0.2, 0.25) is 0 Å². The Hall–Kier alpha value is -3.21. The molecule has 1 heterocycles. The smallest absolute Gasteiger partial charge is 0.421 e. The zero-order valence-corrected chi connectivity index (χ0v) is 19.9. The Morgan fingerprint density at radius 2 is 1.72 bits per heavy atom. The van der Waals surface area contributed by atoms with Crippen molar-refractivity contribution in [2.75, 3.05) is 6.61 Å². The van der Waals surface area contributed by atoms with E-state index in [4.69, 9.17) is 10.5 Å². The highest BCUT2D eigenvalue weighted by Gasteiger charge is 2.51. The summed E-state index contributed by atoms with van der Waals surface area (Å²) in [5, 5.41) is 18.1. The van der Waals surface area contributed by atoms with Gasteiger partial charge in [-0.2, -0.15) is 23.4 Å². The van der Waals surface area contributed by atoms with Crippen LogP contribution in [-0.4, -0.2) is 57.1 Å². The summed E-state index contributed by atoms with van der Waals surface area (Å²) in [4.78, 5) is 26.6. The van der Waals surface area contributed by atoms with E-state index in [1.807, 2.05) is 11.0 Å². The van der Waals surface area contributed by atoms with Crippen LogP contribution < -0.4 is 5.73 Å². The first kappa shape index (κ1) is 25.9. The van der Waals surface area contributed by atoms with Crippen LogP contribution in [0.25, 0.3) is 0 Å². The predicted octanol–water partition coefficient (Wildman–Crippen LogP) is 3.83. The molecule has 0 aliphatic heterocycles. The SMILES string of the molecule is CC(O)(c1ccc(C(=O)N(C2CC2)C2CCC(COC(N)=O)(c3cccnn3)CC2)cc1)C(F)(F)F. The largest absolute Gasteiger partial charge is 0.449 e. The number of rotatable bonds is 7. The normalized spacial score (nSPS) is 24.0. The number of nitrogens with two attached hydrogens (primary N) is 1. The molecule has 2 saturated carbocycles. The molecule has 1 unspecified atom stereocenters. The maximum absolute atomic E-state index is 13.5. The standard InChI is InChI=1S/C25H29F3N4O4/c1-23(35,25(26,27)28)17-6-4-16(5-7-17)21(33)32(18-8-9-18)19-10-12-24(13-11-19,15-36-22(29)34)20-3-2-14-30-31-20/h2-7,14,18-19,35H,8-13,15H2,1H3,(H2,29,34). The van der Waals surface area contributed by atoms with E-state index in [1.165, 1.54) is 12.1 Å². The van der Waals surface area contributed by atoms with Crippen LogP contribution in [0.3, 0.4) is 0 Å². The molecule has 2 aromatic rings. The number of alkyl halides is 3. The first-order valence-electron chi connectivity index (χ1n) is 11.9. The highest BCUT2D eigenvalue weighted by Crippen LogP contribution is 2.43. The summed E-state index contributed by atoms with van der Waals surface area (Å²) in [5.41, 5.74) is 2.27. The number of hydrogen-bond acceptors (Lipinski definition) is 6. The first-order chi connectivity index (χ1) is 16.9. The molecule has 0 radical (unpaired) electrons. The fourth-order valence-electron chi connectivity index (χ4n) is 4.93. The number of nitrogens with zero attached hydrogens (tertiary/aromatic N) is 3. The van der Waals surface area contributed by atoms with Crippen molar-refractivity contribution in [1.82, 2.24) is 15.1 Å². The second kappa shape index (κ2) is 9.68. The summed E-state index contributed by atoms with van der Waals surface area (Å²) in [6, 6.07) is 8.55. The van der Waals surface area contributed by atoms with Crippen molar-refractivity contribution in [3.63, 3.8) is 0 Å². The molecule has 3 N–H and O–H groups in total. The van der Waals surface area contributed by atoms with E-state index < -0.39 is 23.3 Å². The summed E-state index contributed by atoms with van der Waals surface area (Å²) >= 11 is 0. The number of aliphatic hydroxyl groups is 1. The Balaban J connectivity index is 1.51. The van der Waals surface area contributed by atoms with Gasteiger partial charge < -0.3 is 20.5 Å². The molecule has 2 fully saturated rings. The minimum absolute atomic E-state index is 0.0612. The summed E-state index contributed by atoms with van der Waals surface area (Å²) in [5.74, 6) is -0.249.